The summed E-state index contributed by atoms with van der Waals surface area (Å²) in [5, 5.41) is 4.28. The van der Waals surface area contributed by atoms with Gasteiger partial charge in [-0.1, -0.05) is 12.2 Å². The average Bonchev–Trinajstić information content (AvgIpc) is 3.24. The topological polar surface area (TPSA) is 75.6 Å². The van der Waals surface area contributed by atoms with E-state index in [0.717, 1.165) is 44.7 Å². The minimum absolute atomic E-state index is 0.0205. The molecule has 1 saturated carbocycles. The summed E-state index contributed by atoms with van der Waals surface area (Å²) in [6.45, 7) is 8.59. The molecule has 7 atom stereocenters. The lowest BCUT2D eigenvalue weighted by Crippen LogP contribution is -2.62. The van der Waals surface area contributed by atoms with Crippen LogP contribution in [0.2, 0.25) is 0 Å². The van der Waals surface area contributed by atoms with E-state index in [1.54, 1.807) is 0 Å². The van der Waals surface area contributed by atoms with Gasteiger partial charge in [0.05, 0.1) is 17.8 Å². The van der Waals surface area contributed by atoms with Gasteiger partial charge < -0.3 is 19.7 Å². The number of nitrogens with zero attached hydrogens (tertiary/aromatic N) is 5. The smallest absolute Gasteiger partial charge is 0.319 e. The zero-order chi connectivity index (χ0) is 22.8. The zero-order valence-electron chi connectivity index (χ0n) is 19.3. The Hall–Kier alpha value is -2.52. The highest BCUT2D eigenvalue weighted by Gasteiger charge is 2.62. The number of nitrogens with one attached hydrogen (secondary N) is 1. The molecule has 0 amide bonds. The Morgan fingerprint density at radius 2 is 2.26 bits per heavy atom. The van der Waals surface area contributed by atoms with Gasteiger partial charge in [0.25, 0.3) is 0 Å². The Bertz CT molecular complexity index is 1240. The van der Waals surface area contributed by atoms with Crippen LogP contribution in [0.15, 0.2) is 18.3 Å². The molecule has 5 unspecified atom stereocenters. The standard InChI is InChI=1S/C25H29FN6O2/c1-12-6-25(7-14-5-18(14)32(25)9-12)11-33-24-29-20-16(26)8-27-23-19(20)22(30-24)31-10-15-3-4-17(28-15)21(31)13(2)34-23/h8,13-15,17-18,21,28H,1,3-7,9-11H2,2H3/t13?,14-,15?,17?,18-,21?,25?/m1/s1. The van der Waals surface area contributed by atoms with Crippen molar-refractivity contribution in [2.45, 2.75) is 74.8 Å². The number of piperidine rings is 1. The number of pyridine rings is 1. The molecule has 34 heavy (non-hydrogen) atoms. The van der Waals surface area contributed by atoms with Gasteiger partial charge in [-0.2, -0.15) is 9.97 Å². The first-order valence-electron chi connectivity index (χ1n) is 12.6. The summed E-state index contributed by atoms with van der Waals surface area (Å²) in [6.07, 6.45) is 6.69. The van der Waals surface area contributed by atoms with Crippen LogP contribution in [-0.2, 0) is 0 Å². The van der Waals surface area contributed by atoms with E-state index in [9.17, 15) is 0 Å². The number of rotatable bonds is 3. The maximum Gasteiger partial charge on any atom is 0.319 e. The van der Waals surface area contributed by atoms with Crippen molar-refractivity contribution in [3.63, 3.8) is 0 Å². The van der Waals surface area contributed by atoms with Gasteiger partial charge in [0.1, 0.15) is 29.4 Å². The Morgan fingerprint density at radius 1 is 1.35 bits per heavy atom. The first kappa shape index (κ1) is 19.8. The average molecular weight is 465 g/mol. The summed E-state index contributed by atoms with van der Waals surface area (Å²) in [5.41, 5.74) is 1.48. The molecule has 2 bridgehead atoms. The number of aromatic nitrogens is 3. The van der Waals surface area contributed by atoms with Crippen LogP contribution in [0.3, 0.4) is 0 Å². The van der Waals surface area contributed by atoms with Gasteiger partial charge in [-0.25, -0.2) is 9.37 Å². The lowest BCUT2D eigenvalue weighted by atomic mass is 9.92. The second-order valence-electron chi connectivity index (χ2n) is 11.3. The number of fused-ring (bicyclic) bond motifs is 8. The molecule has 7 heterocycles. The first-order chi connectivity index (χ1) is 16.5. The minimum Gasteiger partial charge on any atom is -0.472 e. The van der Waals surface area contributed by atoms with Gasteiger partial charge in [0, 0.05) is 31.2 Å². The van der Waals surface area contributed by atoms with E-state index in [1.807, 2.05) is 0 Å². The molecule has 2 aromatic heterocycles. The summed E-state index contributed by atoms with van der Waals surface area (Å²) in [4.78, 5) is 18.6. The van der Waals surface area contributed by atoms with Gasteiger partial charge in [-0.3, -0.25) is 4.90 Å². The van der Waals surface area contributed by atoms with E-state index in [2.05, 4.69) is 38.6 Å². The highest BCUT2D eigenvalue weighted by atomic mass is 19.1. The maximum absolute atomic E-state index is 15.1. The lowest BCUT2D eigenvalue weighted by Gasteiger charge is -2.42. The molecule has 1 N–H and O–H groups in total. The van der Waals surface area contributed by atoms with Crippen molar-refractivity contribution in [3.05, 3.63) is 24.2 Å². The zero-order valence-corrected chi connectivity index (χ0v) is 19.3. The number of halogens is 1. The van der Waals surface area contributed by atoms with Crippen LogP contribution in [0.25, 0.3) is 10.9 Å². The Labute approximate surface area is 197 Å². The van der Waals surface area contributed by atoms with Crippen molar-refractivity contribution in [1.82, 2.24) is 25.2 Å². The summed E-state index contributed by atoms with van der Waals surface area (Å²) >= 11 is 0. The molecule has 5 aliphatic heterocycles. The third-order valence-corrected chi connectivity index (χ3v) is 9.10. The quantitative estimate of drug-likeness (QED) is 0.695. The second kappa shape index (κ2) is 6.57. The minimum atomic E-state index is -0.476. The number of piperazine rings is 1. The predicted octanol–water partition coefficient (Wildman–Crippen LogP) is 2.43. The molecular formula is C25H29FN6O2. The highest BCUT2D eigenvalue weighted by molar-refractivity contribution is 5.95. The van der Waals surface area contributed by atoms with E-state index >= 15 is 4.39 Å². The van der Waals surface area contributed by atoms with Crippen molar-refractivity contribution < 1.29 is 13.9 Å². The summed E-state index contributed by atoms with van der Waals surface area (Å²) in [5.74, 6) is 1.40. The van der Waals surface area contributed by atoms with E-state index in [4.69, 9.17) is 14.5 Å². The van der Waals surface area contributed by atoms with Crippen LogP contribution in [0.5, 0.6) is 11.9 Å². The molecule has 8 nitrogen and oxygen atoms in total. The number of hydrogen-bond acceptors (Lipinski definition) is 8. The molecular weight excluding hydrogens is 435 g/mol. The molecule has 9 heteroatoms. The van der Waals surface area contributed by atoms with Crippen molar-refractivity contribution >= 4 is 16.7 Å². The van der Waals surface area contributed by atoms with Crippen LogP contribution < -0.4 is 19.7 Å². The maximum atomic E-state index is 15.1. The normalized spacial score (nSPS) is 39.5. The van der Waals surface area contributed by atoms with Crippen LogP contribution >= 0.6 is 0 Å². The van der Waals surface area contributed by atoms with Crippen molar-refractivity contribution in [2.24, 2.45) is 5.92 Å². The van der Waals surface area contributed by atoms with Crippen LogP contribution in [0.1, 0.15) is 39.0 Å². The number of ether oxygens (including phenoxy) is 2. The monoisotopic (exact) mass is 464 g/mol. The van der Waals surface area contributed by atoms with Crippen LogP contribution in [-0.4, -0.2) is 75.4 Å². The predicted molar refractivity (Wildman–Crippen MR) is 124 cm³/mol. The molecule has 0 radical (unpaired) electrons. The van der Waals surface area contributed by atoms with E-state index in [1.165, 1.54) is 18.2 Å². The Kier molecular flexibility index (Phi) is 3.82. The van der Waals surface area contributed by atoms with E-state index in [0.29, 0.717) is 41.8 Å². The molecule has 178 valence electrons. The van der Waals surface area contributed by atoms with Crippen LogP contribution in [0.4, 0.5) is 10.2 Å². The number of hydrogen-bond donors (Lipinski definition) is 1. The highest BCUT2D eigenvalue weighted by Crippen LogP contribution is 2.57. The molecule has 0 spiro atoms. The molecule has 2 aromatic rings. The van der Waals surface area contributed by atoms with Gasteiger partial charge >= 0.3 is 6.01 Å². The van der Waals surface area contributed by atoms with Gasteiger partial charge in [-0.15, -0.1) is 0 Å². The third-order valence-electron chi connectivity index (χ3n) is 9.10. The third kappa shape index (κ3) is 2.62. The summed E-state index contributed by atoms with van der Waals surface area (Å²) < 4.78 is 27.7. The molecule has 8 rings (SSSR count). The van der Waals surface area contributed by atoms with Crippen molar-refractivity contribution in [3.8, 4) is 11.9 Å². The molecule has 6 aliphatic rings. The number of anilines is 1. The Balaban J connectivity index is 1.21. The molecule has 1 aliphatic carbocycles. The van der Waals surface area contributed by atoms with Crippen LogP contribution in [0, 0.1) is 11.7 Å². The molecule has 0 aromatic carbocycles. The SMILES string of the molecule is C=C1CN2[C@@H]3C[C@@H]3CC2(COc2nc3c4c(ncc(F)c4n2)OC(C)C2C4CCC(CN32)N4)C1. The first-order valence-corrected chi connectivity index (χ1v) is 12.6. The van der Waals surface area contributed by atoms with Gasteiger partial charge in [-0.05, 0) is 44.9 Å². The fraction of sp³-hybridized carbons (Fsp3) is 0.640. The van der Waals surface area contributed by atoms with E-state index in [-0.39, 0.29) is 29.2 Å². The molecule has 5 fully saturated rings. The van der Waals surface area contributed by atoms with Gasteiger partial charge in [0.15, 0.2) is 5.82 Å². The Morgan fingerprint density at radius 3 is 3.18 bits per heavy atom. The summed E-state index contributed by atoms with van der Waals surface area (Å²) in [7, 11) is 0. The van der Waals surface area contributed by atoms with Crippen molar-refractivity contribution in [2.75, 3.05) is 24.6 Å². The molecule has 4 saturated heterocycles. The second-order valence-corrected chi connectivity index (χ2v) is 11.3. The largest absolute Gasteiger partial charge is 0.472 e. The lowest BCUT2D eigenvalue weighted by molar-refractivity contribution is 0.0866. The summed E-state index contributed by atoms with van der Waals surface area (Å²) in [6, 6.07) is 1.71. The fourth-order valence-electron chi connectivity index (χ4n) is 7.70. The van der Waals surface area contributed by atoms with Gasteiger partial charge in [0.2, 0.25) is 5.88 Å². The fourth-order valence-corrected chi connectivity index (χ4v) is 7.70. The van der Waals surface area contributed by atoms with Crippen molar-refractivity contribution in [1.29, 1.82) is 0 Å². The van der Waals surface area contributed by atoms with E-state index < -0.39 is 5.82 Å².